The number of pyridine rings is 1. The molecule has 0 N–H and O–H groups in total. The van der Waals surface area contributed by atoms with E-state index in [1.165, 1.54) is 4.90 Å². The summed E-state index contributed by atoms with van der Waals surface area (Å²) in [5, 5.41) is 0. The summed E-state index contributed by atoms with van der Waals surface area (Å²) in [4.78, 5) is 5.66. The summed E-state index contributed by atoms with van der Waals surface area (Å²) in [5.41, 5.74) is 2.85. The fourth-order valence-corrected chi connectivity index (χ4v) is 1.99. The normalized spacial score (nSPS) is 17.2. The van der Waals surface area contributed by atoms with Crippen molar-refractivity contribution in [2.45, 2.75) is 26.1 Å². The van der Waals surface area contributed by atoms with Gasteiger partial charge in [-0.05, 0) is 18.1 Å². The van der Waals surface area contributed by atoms with Gasteiger partial charge in [-0.3, -0.25) is 9.88 Å². The van der Waals surface area contributed by atoms with Crippen LogP contribution in [0.15, 0.2) is 12.3 Å². The highest BCUT2D eigenvalue weighted by atomic mass is 19.4. The Kier molecular flexibility index (Phi) is 2.88. The van der Waals surface area contributed by atoms with E-state index in [2.05, 4.69) is 4.98 Å². The molecule has 1 aromatic heterocycles. The number of aryl methyl sites for hydroxylation is 1. The van der Waals surface area contributed by atoms with Crippen LogP contribution in [-0.2, 0) is 13.0 Å². The van der Waals surface area contributed by atoms with Gasteiger partial charge in [-0.25, -0.2) is 0 Å². The van der Waals surface area contributed by atoms with E-state index in [0.717, 1.165) is 16.8 Å². The smallest absolute Gasteiger partial charge is 0.290 e. The zero-order chi connectivity index (χ0) is 11.8. The highest BCUT2D eigenvalue weighted by Gasteiger charge is 2.32. The van der Waals surface area contributed by atoms with Crippen molar-refractivity contribution in [1.29, 1.82) is 0 Å². The Balaban J connectivity index is 2.11. The Morgan fingerprint density at radius 3 is 2.88 bits per heavy atom. The first-order chi connectivity index (χ1) is 7.44. The van der Waals surface area contributed by atoms with Crippen molar-refractivity contribution < 1.29 is 13.2 Å². The Morgan fingerprint density at radius 1 is 1.44 bits per heavy atom. The predicted octanol–water partition coefficient (Wildman–Crippen LogP) is 2.31. The van der Waals surface area contributed by atoms with Crippen LogP contribution in [0.25, 0.3) is 0 Å². The molecule has 2 rings (SSSR count). The number of aromatic nitrogens is 1. The molecule has 16 heavy (non-hydrogen) atoms. The van der Waals surface area contributed by atoms with Crippen LogP contribution in [0, 0.1) is 6.92 Å². The van der Waals surface area contributed by atoms with Gasteiger partial charge in [-0.15, -0.1) is 0 Å². The van der Waals surface area contributed by atoms with Crippen molar-refractivity contribution in [3.05, 3.63) is 29.1 Å². The first-order valence-electron chi connectivity index (χ1n) is 5.17. The van der Waals surface area contributed by atoms with Crippen molar-refractivity contribution in [1.82, 2.24) is 9.88 Å². The van der Waals surface area contributed by atoms with E-state index in [9.17, 15) is 13.2 Å². The quantitative estimate of drug-likeness (QED) is 0.736. The number of rotatable bonds is 1. The van der Waals surface area contributed by atoms with Crippen molar-refractivity contribution in [3.8, 4) is 0 Å². The SMILES string of the molecule is Cc1cnc2c(c1)CN(CC(F)(F)F)CC2. The molecule has 0 spiro atoms. The number of nitrogens with zero attached hydrogens (tertiary/aromatic N) is 2. The lowest BCUT2D eigenvalue weighted by atomic mass is 10.0. The maximum Gasteiger partial charge on any atom is 0.401 e. The molecule has 0 atom stereocenters. The van der Waals surface area contributed by atoms with E-state index in [0.29, 0.717) is 19.5 Å². The van der Waals surface area contributed by atoms with E-state index in [1.807, 2.05) is 13.0 Å². The van der Waals surface area contributed by atoms with Crippen LogP contribution in [0.4, 0.5) is 13.2 Å². The molecule has 5 heteroatoms. The second kappa shape index (κ2) is 4.05. The van der Waals surface area contributed by atoms with Crippen LogP contribution in [-0.4, -0.2) is 29.1 Å². The molecule has 1 aliphatic rings. The average Bonchev–Trinajstić information content (AvgIpc) is 2.14. The lowest BCUT2D eigenvalue weighted by molar-refractivity contribution is -0.147. The third-order valence-corrected chi connectivity index (χ3v) is 2.66. The molecular weight excluding hydrogens is 217 g/mol. The van der Waals surface area contributed by atoms with Gasteiger partial charge in [0, 0.05) is 31.4 Å². The van der Waals surface area contributed by atoms with E-state index < -0.39 is 12.7 Å². The molecular formula is C11H13F3N2. The number of halogens is 3. The Morgan fingerprint density at radius 2 is 2.19 bits per heavy atom. The minimum atomic E-state index is -4.12. The summed E-state index contributed by atoms with van der Waals surface area (Å²) in [5.74, 6) is 0. The Labute approximate surface area is 92.1 Å². The minimum absolute atomic E-state index is 0.351. The van der Waals surface area contributed by atoms with Crippen LogP contribution < -0.4 is 0 Å². The van der Waals surface area contributed by atoms with Gasteiger partial charge in [0.2, 0.25) is 0 Å². The fraction of sp³-hybridized carbons (Fsp3) is 0.545. The summed E-state index contributed by atoms with van der Waals surface area (Å²) in [6, 6.07) is 1.92. The molecule has 0 aliphatic carbocycles. The average molecular weight is 230 g/mol. The van der Waals surface area contributed by atoms with Gasteiger partial charge in [0.1, 0.15) is 0 Å². The Hall–Kier alpha value is -1.10. The molecule has 2 heterocycles. The van der Waals surface area contributed by atoms with Crippen molar-refractivity contribution in [3.63, 3.8) is 0 Å². The molecule has 0 saturated carbocycles. The maximum atomic E-state index is 12.2. The van der Waals surface area contributed by atoms with E-state index in [-0.39, 0.29) is 0 Å². The summed E-state index contributed by atoms with van der Waals surface area (Å²) in [6.07, 6.45) is -1.75. The van der Waals surface area contributed by atoms with Gasteiger partial charge in [-0.1, -0.05) is 6.07 Å². The zero-order valence-electron chi connectivity index (χ0n) is 9.01. The second-order valence-electron chi connectivity index (χ2n) is 4.19. The molecule has 1 aliphatic heterocycles. The van der Waals surface area contributed by atoms with Gasteiger partial charge < -0.3 is 0 Å². The topological polar surface area (TPSA) is 16.1 Å². The van der Waals surface area contributed by atoms with Crippen LogP contribution >= 0.6 is 0 Å². The third-order valence-electron chi connectivity index (χ3n) is 2.66. The summed E-state index contributed by atoms with van der Waals surface area (Å²) in [7, 11) is 0. The van der Waals surface area contributed by atoms with Crippen molar-refractivity contribution >= 4 is 0 Å². The van der Waals surface area contributed by atoms with Gasteiger partial charge in [0.05, 0.1) is 6.54 Å². The number of alkyl halides is 3. The monoisotopic (exact) mass is 230 g/mol. The van der Waals surface area contributed by atoms with E-state index in [1.54, 1.807) is 6.20 Å². The molecule has 2 nitrogen and oxygen atoms in total. The zero-order valence-corrected chi connectivity index (χ0v) is 9.01. The van der Waals surface area contributed by atoms with Gasteiger partial charge in [0.25, 0.3) is 0 Å². The minimum Gasteiger partial charge on any atom is -0.290 e. The molecule has 88 valence electrons. The molecule has 0 aromatic carbocycles. The summed E-state index contributed by atoms with van der Waals surface area (Å²) < 4.78 is 36.7. The molecule has 0 saturated heterocycles. The summed E-state index contributed by atoms with van der Waals surface area (Å²) in [6.45, 7) is 1.85. The van der Waals surface area contributed by atoms with Crippen LogP contribution in [0.1, 0.15) is 16.8 Å². The van der Waals surface area contributed by atoms with E-state index in [4.69, 9.17) is 0 Å². The van der Waals surface area contributed by atoms with Crippen molar-refractivity contribution in [2.75, 3.05) is 13.1 Å². The number of hydrogen-bond acceptors (Lipinski definition) is 2. The largest absolute Gasteiger partial charge is 0.401 e. The first kappa shape index (κ1) is 11.4. The molecule has 0 bridgehead atoms. The molecule has 1 aromatic rings. The highest BCUT2D eigenvalue weighted by Crippen LogP contribution is 2.22. The number of hydrogen-bond donors (Lipinski definition) is 0. The molecule has 0 amide bonds. The van der Waals surface area contributed by atoms with Crippen LogP contribution in [0.2, 0.25) is 0 Å². The molecule has 0 unspecified atom stereocenters. The second-order valence-corrected chi connectivity index (χ2v) is 4.19. The maximum absolute atomic E-state index is 12.2. The van der Waals surface area contributed by atoms with Crippen LogP contribution in [0.3, 0.4) is 0 Å². The lowest BCUT2D eigenvalue weighted by Crippen LogP contribution is -2.38. The van der Waals surface area contributed by atoms with Gasteiger partial charge in [-0.2, -0.15) is 13.2 Å². The molecule has 0 radical (unpaired) electrons. The number of fused-ring (bicyclic) bond motifs is 1. The van der Waals surface area contributed by atoms with Gasteiger partial charge >= 0.3 is 6.18 Å². The van der Waals surface area contributed by atoms with Gasteiger partial charge in [0.15, 0.2) is 0 Å². The third kappa shape index (κ3) is 2.72. The van der Waals surface area contributed by atoms with Crippen molar-refractivity contribution in [2.24, 2.45) is 0 Å². The highest BCUT2D eigenvalue weighted by molar-refractivity contribution is 5.26. The first-order valence-corrected chi connectivity index (χ1v) is 5.17. The Bertz CT molecular complexity index is 387. The summed E-state index contributed by atoms with van der Waals surface area (Å²) >= 11 is 0. The van der Waals surface area contributed by atoms with Crippen LogP contribution in [0.5, 0.6) is 0 Å². The molecule has 0 fully saturated rings. The fourth-order valence-electron chi connectivity index (χ4n) is 1.99. The van der Waals surface area contributed by atoms with E-state index >= 15 is 0 Å². The lowest BCUT2D eigenvalue weighted by Gasteiger charge is -2.28. The standard InChI is InChI=1S/C11H13F3N2/c1-8-4-9-6-16(7-11(12,13)14)3-2-10(9)15-5-8/h4-5H,2-3,6-7H2,1H3. The predicted molar refractivity (Wildman–Crippen MR) is 54.0 cm³/mol.